The third-order valence-electron chi connectivity index (χ3n) is 4.79. The standard InChI is InChI=1S/C19H27N3OS/c1-16-15-24-19(23)22(16)13-12-20(2)14-17-6-8-18(9-7-17)21-10-4-3-5-11-21/h6-9,15H,3-5,10-14H2,1-2H3. The highest BCUT2D eigenvalue weighted by Crippen LogP contribution is 2.20. The number of nitrogens with zero attached hydrogens (tertiary/aromatic N) is 3. The van der Waals surface area contributed by atoms with Crippen molar-refractivity contribution < 1.29 is 0 Å². The van der Waals surface area contributed by atoms with Gasteiger partial charge in [-0.1, -0.05) is 23.5 Å². The molecule has 1 aromatic heterocycles. The molecule has 24 heavy (non-hydrogen) atoms. The van der Waals surface area contributed by atoms with E-state index in [2.05, 4.69) is 41.1 Å². The fourth-order valence-corrected chi connectivity index (χ4v) is 4.06. The SMILES string of the molecule is Cc1csc(=O)n1CCN(C)Cc1ccc(N2CCCCC2)cc1. The minimum Gasteiger partial charge on any atom is -0.372 e. The molecule has 1 aliphatic heterocycles. The molecule has 4 nitrogen and oxygen atoms in total. The van der Waals surface area contributed by atoms with E-state index in [1.807, 2.05) is 16.9 Å². The maximum Gasteiger partial charge on any atom is 0.307 e. The van der Waals surface area contributed by atoms with Gasteiger partial charge in [0.1, 0.15) is 0 Å². The summed E-state index contributed by atoms with van der Waals surface area (Å²) in [6.07, 6.45) is 3.99. The number of piperidine rings is 1. The van der Waals surface area contributed by atoms with Crippen LogP contribution >= 0.6 is 11.3 Å². The first-order chi connectivity index (χ1) is 11.6. The summed E-state index contributed by atoms with van der Waals surface area (Å²) >= 11 is 1.29. The Bertz CT molecular complexity index is 698. The lowest BCUT2D eigenvalue weighted by atomic mass is 10.1. The van der Waals surface area contributed by atoms with Crippen LogP contribution in [0.2, 0.25) is 0 Å². The van der Waals surface area contributed by atoms with E-state index in [1.165, 1.54) is 54.9 Å². The fraction of sp³-hybridized carbons (Fsp3) is 0.526. The number of thiazole rings is 1. The minimum atomic E-state index is 0.145. The lowest BCUT2D eigenvalue weighted by Crippen LogP contribution is -2.29. The van der Waals surface area contributed by atoms with Crippen molar-refractivity contribution in [2.45, 2.75) is 39.3 Å². The lowest BCUT2D eigenvalue weighted by Gasteiger charge is -2.29. The number of anilines is 1. The van der Waals surface area contributed by atoms with Crippen LogP contribution in [0.3, 0.4) is 0 Å². The predicted octanol–water partition coefficient (Wildman–Crippen LogP) is 3.34. The summed E-state index contributed by atoms with van der Waals surface area (Å²) in [6.45, 7) is 6.93. The van der Waals surface area contributed by atoms with E-state index in [9.17, 15) is 4.79 Å². The van der Waals surface area contributed by atoms with Gasteiger partial charge in [-0.2, -0.15) is 0 Å². The van der Waals surface area contributed by atoms with E-state index in [4.69, 9.17) is 0 Å². The van der Waals surface area contributed by atoms with Crippen LogP contribution in [0.1, 0.15) is 30.5 Å². The third kappa shape index (κ3) is 4.28. The molecule has 1 fully saturated rings. The summed E-state index contributed by atoms with van der Waals surface area (Å²) in [5.74, 6) is 0. The molecule has 0 bridgehead atoms. The van der Waals surface area contributed by atoms with Crippen LogP contribution in [0.25, 0.3) is 0 Å². The Hall–Kier alpha value is -1.59. The van der Waals surface area contributed by atoms with Crippen molar-refractivity contribution in [2.24, 2.45) is 0 Å². The van der Waals surface area contributed by atoms with Gasteiger partial charge in [0.25, 0.3) is 0 Å². The number of aromatic nitrogens is 1. The van der Waals surface area contributed by atoms with Crippen LogP contribution in [0.15, 0.2) is 34.4 Å². The second-order valence-electron chi connectivity index (χ2n) is 6.75. The second kappa shape index (κ2) is 7.99. The Morgan fingerprint density at radius 2 is 1.83 bits per heavy atom. The number of benzene rings is 1. The largest absolute Gasteiger partial charge is 0.372 e. The molecule has 2 aromatic rings. The normalized spacial score (nSPS) is 15.2. The molecule has 2 heterocycles. The van der Waals surface area contributed by atoms with Gasteiger partial charge in [-0.05, 0) is 50.9 Å². The molecule has 1 aromatic carbocycles. The maximum absolute atomic E-state index is 11.8. The summed E-state index contributed by atoms with van der Waals surface area (Å²) in [4.78, 5) is 16.7. The van der Waals surface area contributed by atoms with Crippen LogP contribution in [0.5, 0.6) is 0 Å². The van der Waals surface area contributed by atoms with Crippen LogP contribution < -0.4 is 9.77 Å². The smallest absolute Gasteiger partial charge is 0.307 e. The van der Waals surface area contributed by atoms with E-state index in [1.54, 1.807) is 0 Å². The number of likely N-dealkylation sites (N-methyl/N-ethyl adjacent to an activating group) is 1. The molecule has 0 atom stereocenters. The van der Waals surface area contributed by atoms with Gasteiger partial charge in [-0.3, -0.25) is 4.79 Å². The minimum absolute atomic E-state index is 0.145. The molecule has 0 amide bonds. The molecule has 1 saturated heterocycles. The summed E-state index contributed by atoms with van der Waals surface area (Å²) in [5, 5.41) is 1.93. The molecule has 3 rings (SSSR count). The molecule has 0 unspecified atom stereocenters. The van der Waals surface area contributed by atoms with E-state index in [-0.39, 0.29) is 4.87 Å². The molecule has 1 aliphatic rings. The van der Waals surface area contributed by atoms with E-state index in [0.717, 1.165) is 25.3 Å². The van der Waals surface area contributed by atoms with Gasteiger partial charge in [-0.25, -0.2) is 0 Å². The summed E-state index contributed by atoms with van der Waals surface area (Å²) in [6, 6.07) is 8.98. The van der Waals surface area contributed by atoms with Gasteiger partial charge < -0.3 is 14.4 Å². The first-order valence-electron chi connectivity index (χ1n) is 8.81. The van der Waals surface area contributed by atoms with Crippen molar-refractivity contribution in [1.82, 2.24) is 9.47 Å². The number of hydrogen-bond acceptors (Lipinski definition) is 4. The second-order valence-corrected chi connectivity index (χ2v) is 7.57. The van der Waals surface area contributed by atoms with Gasteiger partial charge in [0.15, 0.2) is 0 Å². The number of hydrogen-bond donors (Lipinski definition) is 0. The lowest BCUT2D eigenvalue weighted by molar-refractivity contribution is 0.309. The zero-order valence-electron chi connectivity index (χ0n) is 14.7. The zero-order valence-corrected chi connectivity index (χ0v) is 15.5. The molecule has 0 radical (unpaired) electrons. The monoisotopic (exact) mass is 345 g/mol. The Kier molecular flexibility index (Phi) is 5.74. The van der Waals surface area contributed by atoms with Gasteiger partial charge in [-0.15, -0.1) is 0 Å². The van der Waals surface area contributed by atoms with E-state index >= 15 is 0 Å². The predicted molar refractivity (Wildman–Crippen MR) is 102 cm³/mol. The Labute approximate surface area is 148 Å². The summed E-state index contributed by atoms with van der Waals surface area (Å²) < 4.78 is 1.86. The summed E-state index contributed by atoms with van der Waals surface area (Å²) in [7, 11) is 2.12. The quantitative estimate of drug-likeness (QED) is 0.804. The Balaban J connectivity index is 1.52. The van der Waals surface area contributed by atoms with Crippen molar-refractivity contribution in [3.05, 3.63) is 50.6 Å². The maximum atomic E-state index is 11.8. The van der Waals surface area contributed by atoms with Gasteiger partial charge in [0.2, 0.25) is 0 Å². The fourth-order valence-electron chi connectivity index (χ4n) is 3.30. The van der Waals surface area contributed by atoms with Crippen LogP contribution in [0, 0.1) is 6.92 Å². The molecule has 0 N–H and O–H groups in total. The first-order valence-corrected chi connectivity index (χ1v) is 9.69. The van der Waals surface area contributed by atoms with Gasteiger partial charge >= 0.3 is 4.87 Å². The van der Waals surface area contributed by atoms with Crippen LogP contribution in [-0.4, -0.2) is 36.1 Å². The molecule has 0 aliphatic carbocycles. The average Bonchev–Trinajstić information content (AvgIpc) is 2.93. The molecular formula is C19H27N3OS. The van der Waals surface area contributed by atoms with E-state index < -0.39 is 0 Å². The summed E-state index contributed by atoms with van der Waals surface area (Å²) in [5.41, 5.74) is 3.73. The van der Waals surface area contributed by atoms with Gasteiger partial charge in [0, 0.05) is 49.5 Å². The van der Waals surface area contributed by atoms with Crippen molar-refractivity contribution in [3.8, 4) is 0 Å². The first kappa shape index (κ1) is 17.2. The van der Waals surface area contributed by atoms with E-state index in [0.29, 0.717) is 0 Å². The molecule has 0 saturated carbocycles. The van der Waals surface area contributed by atoms with Crippen molar-refractivity contribution in [1.29, 1.82) is 0 Å². The van der Waals surface area contributed by atoms with Crippen molar-refractivity contribution >= 4 is 17.0 Å². The highest BCUT2D eigenvalue weighted by atomic mass is 32.1. The van der Waals surface area contributed by atoms with Crippen molar-refractivity contribution in [3.63, 3.8) is 0 Å². The molecule has 5 heteroatoms. The topological polar surface area (TPSA) is 28.5 Å². The molecule has 0 spiro atoms. The number of rotatable bonds is 6. The number of aryl methyl sites for hydroxylation is 1. The van der Waals surface area contributed by atoms with Crippen molar-refractivity contribution in [2.75, 3.05) is 31.6 Å². The highest BCUT2D eigenvalue weighted by molar-refractivity contribution is 7.07. The molecule has 130 valence electrons. The van der Waals surface area contributed by atoms with Gasteiger partial charge in [0.05, 0.1) is 0 Å². The molecular weight excluding hydrogens is 318 g/mol. The van der Waals surface area contributed by atoms with Crippen LogP contribution in [0.4, 0.5) is 5.69 Å². The Morgan fingerprint density at radius 3 is 2.46 bits per heavy atom. The zero-order chi connectivity index (χ0) is 16.9. The Morgan fingerprint density at radius 1 is 1.12 bits per heavy atom. The third-order valence-corrected chi connectivity index (χ3v) is 5.67. The van der Waals surface area contributed by atoms with Crippen LogP contribution in [-0.2, 0) is 13.1 Å². The highest BCUT2D eigenvalue weighted by Gasteiger charge is 2.11. The average molecular weight is 346 g/mol.